The van der Waals surface area contributed by atoms with Gasteiger partial charge < -0.3 is 15.0 Å². The Hall–Kier alpha value is -3.95. The number of nitrogens with one attached hydrogen (secondary N) is 3. The molecule has 2 heterocycles. The molecule has 2 aromatic rings. The summed E-state index contributed by atoms with van der Waals surface area (Å²) >= 11 is 0. The van der Waals surface area contributed by atoms with Gasteiger partial charge in [-0.1, -0.05) is 30.3 Å². The Morgan fingerprint density at radius 3 is 2.53 bits per heavy atom. The van der Waals surface area contributed by atoms with Crippen LogP contribution in [0.4, 0.5) is 4.79 Å². The number of hydrogen-bond donors (Lipinski definition) is 3. The summed E-state index contributed by atoms with van der Waals surface area (Å²) in [4.78, 5) is 62.6. The average Bonchev–Trinajstić information content (AvgIpc) is 2.95. The van der Waals surface area contributed by atoms with Gasteiger partial charge >= 0.3 is 12.0 Å². The number of benzene rings is 1. The molecule has 30 heavy (non-hydrogen) atoms. The van der Waals surface area contributed by atoms with Crippen LogP contribution in [0.1, 0.15) is 29.3 Å². The van der Waals surface area contributed by atoms with Crippen LogP contribution in [0.25, 0.3) is 0 Å². The first-order valence-electron chi connectivity index (χ1n) is 9.15. The summed E-state index contributed by atoms with van der Waals surface area (Å²) in [5, 5.41) is 3.14. The van der Waals surface area contributed by atoms with Crippen molar-refractivity contribution in [2.24, 2.45) is 0 Å². The van der Waals surface area contributed by atoms with E-state index in [1.54, 1.807) is 6.92 Å². The standard InChI is InChI=1S/C20H20N4O6/c1-20(10-9-13-6-3-2-4-7-13)18(28)24(19(29)22-20)23-15(25)12-30-17(27)14-8-5-11-21-16(14)26/h2-8,11H,9-10,12H2,1H3,(H,21,26)(H,22,29)(H,23,25)/t20-/m1/s1. The van der Waals surface area contributed by atoms with Gasteiger partial charge in [0.2, 0.25) is 0 Å². The van der Waals surface area contributed by atoms with Gasteiger partial charge in [-0.15, -0.1) is 0 Å². The number of nitrogens with zero attached hydrogens (tertiary/aromatic N) is 1. The van der Waals surface area contributed by atoms with E-state index in [0.29, 0.717) is 17.9 Å². The molecule has 1 atom stereocenters. The van der Waals surface area contributed by atoms with Gasteiger partial charge in [0.1, 0.15) is 11.1 Å². The maximum absolute atomic E-state index is 12.7. The lowest BCUT2D eigenvalue weighted by Crippen LogP contribution is -2.50. The zero-order chi connectivity index (χ0) is 21.7. The van der Waals surface area contributed by atoms with Crippen LogP contribution in [0.15, 0.2) is 53.5 Å². The Morgan fingerprint density at radius 1 is 1.10 bits per heavy atom. The highest BCUT2D eigenvalue weighted by Gasteiger charge is 2.48. The van der Waals surface area contributed by atoms with Crippen LogP contribution in [0.2, 0.25) is 0 Å². The molecule has 0 bridgehead atoms. The maximum Gasteiger partial charge on any atom is 0.344 e. The van der Waals surface area contributed by atoms with E-state index in [-0.39, 0.29) is 5.56 Å². The molecule has 4 amide bonds. The van der Waals surface area contributed by atoms with Crippen LogP contribution in [-0.4, -0.2) is 46.0 Å². The lowest BCUT2D eigenvalue weighted by atomic mass is 9.93. The van der Waals surface area contributed by atoms with Crippen molar-refractivity contribution < 1.29 is 23.9 Å². The normalized spacial score (nSPS) is 18.1. The van der Waals surface area contributed by atoms with E-state index in [1.165, 1.54) is 18.3 Å². The average molecular weight is 412 g/mol. The number of amides is 4. The molecular weight excluding hydrogens is 392 g/mol. The lowest BCUT2D eigenvalue weighted by molar-refractivity contribution is -0.140. The molecule has 0 aliphatic carbocycles. The predicted molar refractivity (Wildman–Crippen MR) is 104 cm³/mol. The number of carbonyl (C=O) groups is 4. The first-order valence-corrected chi connectivity index (χ1v) is 9.15. The molecular formula is C20H20N4O6. The molecule has 0 saturated carbocycles. The fourth-order valence-electron chi connectivity index (χ4n) is 2.94. The minimum Gasteiger partial charge on any atom is -0.452 e. The van der Waals surface area contributed by atoms with E-state index in [2.05, 4.69) is 15.7 Å². The molecule has 3 rings (SSSR count). The molecule has 3 N–H and O–H groups in total. The third kappa shape index (κ3) is 4.54. The van der Waals surface area contributed by atoms with Gasteiger partial charge in [-0.3, -0.25) is 19.8 Å². The number of urea groups is 1. The van der Waals surface area contributed by atoms with Crippen LogP contribution in [0, 0.1) is 0 Å². The van der Waals surface area contributed by atoms with Crippen molar-refractivity contribution in [1.82, 2.24) is 20.7 Å². The molecule has 1 aliphatic heterocycles. The number of hydrogen-bond acceptors (Lipinski definition) is 6. The Labute approximate surface area is 171 Å². The largest absolute Gasteiger partial charge is 0.452 e. The lowest BCUT2D eigenvalue weighted by Gasteiger charge is -2.21. The summed E-state index contributed by atoms with van der Waals surface area (Å²) in [5.74, 6) is -2.52. The van der Waals surface area contributed by atoms with Crippen molar-refractivity contribution >= 4 is 23.8 Å². The Bertz CT molecular complexity index is 1030. The van der Waals surface area contributed by atoms with Gasteiger partial charge in [0, 0.05) is 6.20 Å². The van der Waals surface area contributed by atoms with Gasteiger partial charge in [0.05, 0.1) is 0 Å². The number of hydrazine groups is 1. The number of esters is 1. The summed E-state index contributed by atoms with van der Waals surface area (Å²) < 4.78 is 4.77. The summed E-state index contributed by atoms with van der Waals surface area (Å²) in [6.45, 7) is 0.801. The van der Waals surface area contributed by atoms with E-state index >= 15 is 0 Å². The quantitative estimate of drug-likeness (QED) is 0.447. The van der Waals surface area contributed by atoms with Crippen LogP contribution < -0.4 is 16.3 Å². The monoisotopic (exact) mass is 412 g/mol. The van der Waals surface area contributed by atoms with Gasteiger partial charge in [0.25, 0.3) is 17.4 Å². The van der Waals surface area contributed by atoms with E-state index in [0.717, 1.165) is 5.56 Å². The number of ether oxygens (including phenoxy) is 1. The summed E-state index contributed by atoms with van der Waals surface area (Å²) in [5.41, 5.74) is 1.01. The zero-order valence-corrected chi connectivity index (χ0v) is 16.1. The fourth-order valence-corrected chi connectivity index (χ4v) is 2.94. The van der Waals surface area contributed by atoms with Gasteiger partial charge in [0.15, 0.2) is 6.61 Å². The molecule has 10 nitrogen and oxygen atoms in total. The maximum atomic E-state index is 12.7. The number of aryl methyl sites for hydroxylation is 1. The van der Waals surface area contributed by atoms with Crippen molar-refractivity contribution in [3.8, 4) is 0 Å². The molecule has 0 spiro atoms. The fraction of sp³-hybridized carbons (Fsp3) is 0.250. The second-order valence-corrected chi connectivity index (χ2v) is 6.91. The number of aromatic nitrogens is 1. The van der Waals surface area contributed by atoms with E-state index in [1.807, 2.05) is 30.3 Å². The van der Waals surface area contributed by atoms with E-state index in [4.69, 9.17) is 4.74 Å². The number of carbonyl (C=O) groups excluding carboxylic acids is 4. The van der Waals surface area contributed by atoms with Crippen molar-refractivity contribution in [3.63, 3.8) is 0 Å². The SMILES string of the molecule is C[C@]1(CCc2ccccc2)NC(=O)N(NC(=O)COC(=O)c2ccc[nH]c2=O)C1=O. The van der Waals surface area contributed by atoms with E-state index in [9.17, 15) is 24.0 Å². The Morgan fingerprint density at radius 2 is 1.83 bits per heavy atom. The number of H-pyrrole nitrogens is 1. The molecule has 1 fully saturated rings. The van der Waals surface area contributed by atoms with Crippen molar-refractivity contribution in [1.29, 1.82) is 0 Å². The molecule has 0 radical (unpaired) electrons. The van der Waals surface area contributed by atoms with Gasteiger partial charge in [-0.2, -0.15) is 5.01 Å². The highest BCUT2D eigenvalue weighted by atomic mass is 16.5. The van der Waals surface area contributed by atoms with Crippen LogP contribution in [0.3, 0.4) is 0 Å². The van der Waals surface area contributed by atoms with Crippen LogP contribution in [0.5, 0.6) is 0 Å². The first kappa shape index (κ1) is 20.8. The van der Waals surface area contributed by atoms with Gasteiger partial charge in [-0.25, -0.2) is 9.59 Å². The van der Waals surface area contributed by atoms with Crippen LogP contribution in [-0.2, 0) is 20.7 Å². The summed E-state index contributed by atoms with van der Waals surface area (Å²) in [6, 6.07) is 11.4. The third-order valence-corrected chi connectivity index (χ3v) is 4.63. The smallest absolute Gasteiger partial charge is 0.344 e. The molecule has 1 saturated heterocycles. The van der Waals surface area contributed by atoms with E-state index < -0.39 is 41.5 Å². The summed E-state index contributed by atoms with van der Waals surface area (Å²) in [7, 11) is 0. The number of rotatable bonds is 7. The summed E-state index contributed by atoms with van der Waals surface area (Å²) in [6.07, 6.45) is 2.23. The highest BCUT2D eigenvalue weighted by molar-refractivity contribution is 6.07. The predicted octanol–water partition coefficient (Wildman–Crippen LogP) is 0.506. The number of imide groups is 1. The van der Waals surface area contributed by atoms with Crippen LogP contribution >= 0.6 is 0 Å². The highest BCUT2D eigenvalue weighted by Crippen LogP contribution is 2.22. The second-order valence-electron chi connectivity index (χ2n) is 6.91. The first-order chi connectivity index (χ1) is 14.3. The molecule has 1 aromatic heterocycles. The van der Waals surface area contributed by atoms with Crippen molar-refractivity contribution in [3.05, 3.63) is 70.1 Å². The second kappa shape index (κ2) is 8.60. The minimum absolute atomic E-state index is 0.270. The molecule has 156 valence electrons. The minimum atomic E-state index is -1.19. The Balaban J connectivity index is 1.55. The molecule has 10 heteroatoms. The number of pyridine rings is 1. The van der Waals surface area contributed by atoms with Crippen molar-refractivity contribution in [2.75, 3.05) is 6.61 Å². The molecule has 0 unspecified atom stereocenters. The van der Waals surface area contributed by atoms with Crippen molar-refractivity contribution in [2.45, 2.75) is 25.3 Å². The number of aromatic amines is 1. The molecule has 1 aromatic carbocycles. The molecule has 1 aliphatic rings. The van der Waals surface area contributed by atoms with Gasteiger partial charge in [-0.05, 0) is 37.5 Å². The Kier molecular flexibility index (Phi) is 5.95. The zero-order valence-electron chi connectivity index (χ0n) is 16.1. The topological polar surface area (TPSA) is 138 Å². The third-order valence-electron chi connectivity index (χ3n) is 4.63.